The van der Waals surface area contributed by atoms with E-state index in [1.165, 1.54) is 18.3 Å². The average Bonchev–Trinajstić information content (AvgIpc) is 2.78. The summed E-state index contributed by atoms with van der Waals surface area (Å²) in [6.45, 7) is 1.51. The van der Waals surface area contributed by atoms with Crippen molar-refractivity contribution in [1.82, 2.24) is 9.97 Å². The van der Waals surface area contributed by atoms with Gasteiger partial charge in [-0.25, -0.2) is 19.2 Å². The Hall–Kier alpha value is -3.68. The number of aromatic nitrogens is 2. The van der Waals surface area contributed by atoms with Crippen molar-refractivity contribution in [2.24, 2.45) is 0 Å². The number of rotatable bonds is 11. The van der Waals surface area contributed by atoms with Gasteiger partial charge in [0.2, 0.25) is 5.95 Å². The van der Waals surface area contributed by atoms with Crippen molar-refractivity contribution < 1.29 is 19.0 Å². The number of hydrogen-bond donors (Lipinski definition) is 2. The Kier molecular flexibility index (Phi) is 7.75. The van der Waals surface area contributed by atoms with Crippen LogP contribution in [0.15, 0.2) is 60.8 Å². The summed E-state index contributed by atoms with van der Waals surface area (Å²) in [7, 11) is 2.00. The zero-order chi connectivity index (χ0) is 22.1. The molecule has 162 valence electrons. The maximum absolute atomic E-state index is 12.9. The lowest BCUT2D eigenvalue weighted by molar-refractivity contribution is 0.0694. The SMILES string of the molecule is CN(CCCc1nc(NCCOc2ccc(F)cc2)ncc1C(=O)O)c1ccccc1. The second kappa shape index (κ2) is 10.9. The van der Waals surface area contributed by atoms with Crippen molar-refractivity contribution in [3.63, 3.8) is 0 Å². The van der Waals surface area contributed by atoms with E-state index in [1.807, 2.05) is 37.4 Å². The Labute approximate surface area is 180 Å². The van der Waals surface area contributed by atoms with Gasteiger partial charge in [-0.15, -0.1) is 0 Å². The standard InChI is InChI=1S/C23H25FN4O3/c1-28(18-6-3-2-4-7-18)14-5-8-21-20(22(29)30)16-26-23(27-21)25-13-15-31-19-11-9-17(24)10-12-19/h2-4,6-7,9-12,16H,5,8,13-15H2,1H3,(H,29,30)(H,25,26,27). The van der Waals surface area contributed by atoms with E-state index in [0.717, 1.165) is 18.7 Å². The van der Waals surface area contributed by atoms with Crippen LogP contribution in [0, 0.1) is 5.82 Å². The first-order valence-corrected chi connectivity index (χ1v) is 10.0. The van der Waals surface area contributed by atoms with Gasteiger partial charge < -0.3 is 20.1 Å². The Bertz CT molecular complexity index is 984. The largest absolute Gasteiger partial charge is 0.492 e. The molecule has 7 nitrogen and oxygen atoms in total. The van der Waals surface area contributed by atoms with Crippen LogP contribution in [0.1, 0.15) is 22.5 Å². The van der Waals surface area contributed by atoms with E-state index in [4.69, 9.17) is 4.74 Å². The second-order valence-corrected chi connectivity index (χ2v) is 6.95. The molecule has 0 atom stereocenters. The smallest absolute Gasteiger partial charge is 0.339 e. The molecular formula is C23H25FN4O3. The maximum atomic E-state index is 12.9. The van der Waals surface area contributed by atoms with Crippen molar-refractivity contribution in [1.29, 1.82) is 0 Å². The number of aryl methyl sites for hydroxylation is 1. The molecule has 3 rings (SSSR count). The highest BCUT2D eigenvalue weighted by Crippen LogP contribution is 2.15. The zero-order valence-electron chi connectivity index (χ0n) is 17.3. The quantitative estimate of drug-likeness (QED) is 0.452. The molecule has 31 heavy (non-hydrogen) atoms. The van der Waals surface area contributed by atoms with E-state index < -0.39 is 5.97 Å². The highest BCUT2D eigenvalue weighted by molar-refractivity contribution is 5.88. The number of nitrogens with zero attached hydrogens (tertiary/aromatic N) is 3. The van der Waals surface area contributed by atoms with Crippen LogP contribution in [0.25, 0.3) is 0 Å². The number of para-hydroxylation sites is 1. The molecule has 2 N–H and O–H groups in total. The first kappa shape index (κ1) is 22.0. The predicted octanol–water partition coefficient (Wildman–Crippen LogP) is 3.87. The van der Waals surface area contributed by atoms with Crippen LogP contribution in [0.5, 0.6) is 5.75 Å². The molecule has 0 aliphatic rings. The fourth-order valence-electron chi connectivity index (χ4n) is 3.03. The molecule has 8 heteroatoms. The topological polar surface area (TPSA) is 87.6 Å². The minimum atomic E-state index is -1.04. The average molecular weight is 424 g/mol. The molecule has 2 aromatic carbocycles. The molecule has 0 saturated heterocycles. The normalized spacial score (nSPS) is 10.5. The van der Waals surface area contributed by atoms with Gasteiger partial charge in [-0.05, 0) is 49.2 Å². The Morgan fingerprint density at radius 3 is 2.61 bits per heavy atom. The van der Waals surface area contributed by atoms with Crippen LogP contribution in [-0.2, 0) is 6.42 Å². The lowest BCUT2D eigenvalue weighted by Crippen LogP contribution is -2.20. The van der Waals surface area contributed by atoms with Crippen molar-refractivity contribution in [3.05, 3.63) is 77.9 Å². The molecule has 1 heterocycles. The van der Waals surface area contributed by atoms with Crippen molar-refractivity contribution in [2.75, 3.05) is 37.0 Å². The lowest BCUT2D eigenvalue weighted by Gasteiger charge is -2.19. The van der Waals surface area contributed by atoms with Crippen molar-refractivity contribution in [3.8, 4) is 5.75 Å². The van der Waals surface area contributed by atoms with E-state index in [-0.39, 0.29) is 11.4 Å². The number of carboxylic acids is 1. The summed E-state index contributed by atoms with van der Waals surface area (Å²) in [4.78, 5) is 22.1. The third kappa shape index (κ3) is 6.67. The number of ether oxygens (including phenoxy) is 1. The summed E-state index contributed by atoms with van der Waals surface area (Å²) < 4.78 is 18.4. The second-order valence-electron chi connectivity index (χ2n) is 6.95. The van der Waals surface area contributed by atoms with E-state index in [9.17, 15) is 14.3 Å². The fourth-order valence-corrected chi connectivity index (χ4v) is 3.03. The number of aromatic carboxylic acids is 1. The van der Waals surface area contributed by atoms with E-state index >= 15 is 0 Å². The van der Waals surface area contributed by atoms with Gasteiger partial charge in [-0.2, -0.15) is 0 Å². The summed E-state index contributed by atoms with van der Waals surface area (Å²) >= 11 is 0. The van der Waals surface area contributed by atoms with Gasteiger partial charge in [0.15, 0.2) is 0 Å². The van der Waals surface area contributed by atoms with Gasteiger partial charge in [0, 0.05) is 25.5 Å². The number of nitrogens with one attached hydrogen (secondary N) is 1. The molecule has 0 amide bonds. The monoisotopic (exact) mass is 424 g/mol. The van der Waals surface area contributed by atoms with Crippen LogP contribution in [0.2, 0.25) is 0 Å². The molecule has 0 bridgehead atoms. The van der Waals surface area contributed by atoms with Gasteiger partial charge in [-0.1, -0.05) is 18.2 Å². The maximum Gasteiger partial charge on any atom is 0.339 e. The zero-order valence-corrected chi connectivity index (χ0v) is 17.3. The van der Waals surface area contributed by atoms with Crippen LogP contribution in [-0.4, -0.2) is 47.8 Å². The lowest BCUT2D eigenvalue weighted by atomic mass is 10.1. The minimum Gasteiger partial charge on any atom is -0.492 e. The fraction of sp³-hybridized carbons (Fsp3) is 0.261. The highest BCUT2D eigenvalue weighted by Gasteiger charge is 2.14. The molecule has 0 unspecified atom stereocenters. The summed E-state index contributed by atoms with van der Waals surface area (Å²) in [6, 6.07) is 15.8. The predicted molar refractivity (Wildman–Crippen MR) is 117 cm³/mol. The third-order valence-electron chi connectivity index (χ3n) is 4.67. The number of carboxylic acid groups (broad SMARTS) is 1. The first-order chi connectivity index (χ1) is 15.0. The van der Waals surface area contributed by atoms with Gasteiger partial charge in [0.1, 0.15) is 18.2 Å². The Morgan fingerprint density at radius 2 is 1.90 bits per heavy atom. The third-order valence-corrected chi connectivity index (χ3v) is 4.67. The van der Waals surface area contributed by atoms with E-state index in [1.54, 1.807) is 12.1 Å². The van der Waals surface area contributed by atoms with Gasteiger partial charge in [0.05, 0.1) is 17.8 Å². The molecule has 1 aromatic heterocycles. The molecule has 0 aliphatic heterocycles. The molecule has 0 radical (unpaired) electrons. The summed E-state index contributed by atoms with van der Waals surface area (Å²) in [5, 5.41) is 12.5. The molecular weight excluding hydrogens is 399 g/mol. The van der Waals surface area contributed by atoms with E-state index in [0.29, 0.717) is 37.0 Å². The van der Waals surface area contributed by atoms with Gasteiger partial charge in [-0.3, -0.25) is 0 Å². The van der Waals surface area contributed by atoms with Gasteiger partial charge >= 0.3 is 5.97 Å². The van der Waals surface area contributed by atoms with Gasteiger partial charge in [0.25, 0.3) is 0 Å². The molecule has 0 aliphatic carbocycles. The molecule has 0 fully saturated rings. The summed E-state index contributed by atoms with van der Waals surface area (Å²) in [6.07, 6.45) is 2.59. The van der Waals surface area contributed by atoms with Crippen LogP contribution >= 0.6 is 0 Å². The Balaban J connectivity index is 1.53. The first-order valence-electron chi connectivity index (χ1n) is 10.0. The summed E-state index contributed by atoms with van der Waals surface area (Å²) in [5.74, 6) is -0.454. The Morgan fingerprint density at radius 1 is 1.16 bits per heavy atom. The minimum absolute atomic E-state index is 0.107. The number of benzene rings is 2. The summed E-state index contributed by atoms with van der Waals surface area (Å²) in [5.41, 5.74) is 1.70. The number of halogens is 1. The number of anilines is 2. The van der Waals surface area contributed by atoms with Crippen LogP contribution in [0.3, 0.4) is 0 Å². The molecule has 0 spiro atoms. The van der Waals surface area contributed by atoms with Crippen LogP contribution in [0.4, 0.5) is 16.0 Å². The van der Waals surface area contributed by atoms with Crippen LogP contribution < -0.4 is 15.0 Å². The number of hydrogen-bond acceptors (Lipinski definition) is 6. The van der Waals surface area contributed by atoms with E-state index in [2.05, 4.69) is 20.2 Å². The van der Waals surface area contributed by atoms with Crippen molar-refractivity contribution in [2.45, 2.75) is 12.8 Å². The van der Waals surface area contributed by atoms with Crippen molar-refractivity contribution >= 4 is 17.6 Å². The highest BCUT2D eigenvalue weighted by atomic mass is 19.1. The molecule has 0 saturated carbocycles. The molecule has 3 aromatic rings. The number of carbonyl (C=O) groups is 1.